The molecule has 3 heteroatoms. The average molecular weight is 161 g/mol. The Labute approximate surface area is 70.4 Å². The summed E-state index contributed by atoms with van der Waals surface area (Å²) in [6, 6.07) is 9.26. The van der Waals surface area contributed by atoms with E-state index >= 15 is 0 Å². The van der Waals surface area contributed by atoms with Gasteiger partial charge in [-0.1, -0.05) is 18.2 Å². The molecule has 0 bridgehead atoms. The van der Waals surface area contributed by atoms with Crippen molar-refractivity contribution in [1.29, 1.82) is 0 Å². The Hall–Kier alpha value is -1.82. The van der Waals surface area contributed by atoms with Crippen molar-refractivity contribution in [2.24, 2.45) is 5.11 Å². The van der Waals surface area contributed by atoms with Crippen molar-refractivity contribution in [1.82, 2.24) is 0 Å². The maximum absolute atomic E-state index is 8.68. The van der Waals surface area contributed by atoms with Gasteiger partial charge in [0.15, 0.2) is 0 Å². The van der Waals surface area contributed by atoms with Crippen molar-refractivity contribution in [3.63, 3.8) is 0 Å². The molecule has 1 aromatic rings. The van der Waals surface area contributed by atoms with Gasteiger partial charge >= 0.3 is 5.87 Å². The molecule has 0 amide bonds. The Balaban J connectivity index is 2.91. The van der Waals surface area contributed by atoms with Crippen LogP contribution in [0.15, 0.2) is 41.2 Å². The van der Waals surface area contributed by atoms with Crippen LogP contribution in [-0.2, 0) is 0 Å². The van der Waals surface area contributed by atoms with E-state index in [1.165, 1.54) is 6.92 Å². The Morgan fingerprint density at radius 2 is 2.08 bits per heavy atom. The molecule has 0 spiro atoms. The predicted octanol–water partition coefficient (Wildman–Crippen LogP) is 2.11. The second kappa shape index (κ2) is 4.14. The zero-order valence-electron chi connectivity index (χ0n) is 6.73. The van der Waals surface area contributed by atoms with Gasteiger partial charge in [-0.25, -0.2) is 0 Å². The molecule has 0 saturated heterocycles. The molecule has 0 unspecified atom stereocenters. The maximum atomic E-state index is 8.68. The third kappa shape index (κ3) is 2.84. The zero-order valence-corrected chi connectivity index (χ0v) is 6.73. The van der Waals surface area contributed by atoms with Crippen LogP contribution in [0.5, 0.6) is 0 Å². The van der Waals surface area contributed by atoms with Crippen LogP contribution in [0.4, 0.5) is 5.69 Å². The minimum atomic E-state index is 0.0229. The molecule has 0 aromatic heterocycles. The van der Waals surface area contributed by atoms with Gasteiger partial charge in [0.25, 0.3) is 0 Å². The van der Waals surface area contributed by atoms with Crippen LogP contribution in [0.2, 0.25) is 0 Å². The number of allylic oxidation sites excluding steroid dienone is 1. The van der Waals surface area contributed by atoms with Crippen molar-refractivity contribution < 1.29 is 9.90 Å². The third-order valence-electron chi connectivity index (χ3n) is 1.13. The molecule has 0 aliphatic rings. The van der Waals surface area contributed by atoms with E-state index in [1.54, 1.807) is 0 Å². The van der Waals surface area contributed by atoms with E-state index in [9.17, 15) is 0 Å². The molecule has 12 heavy (non-hydrogen) atoms. The van der Waals surface area contributed by atoms with Gasteiger partial charge < -0.3 is 5.11 Å². The minimum absolute atomic E-state index is 0.0229. The largest absolute Gasteiger partial charge is 0.499 e. The summed E-state index contributed by atoms with van der Waals surface area (Å²) in [5, 5.41) is 12.5. The summed E-state index contributed by atoms with van der Waals surface area (Å²) in [6.07, 6.45) is 0. The van der Waals surface area contributed by atoms with Crippen molar-refractivity contribution >= 4 is 11.6 Å². The standard InChI is InChI=1S/C9H8N2O/c1-8(12)7-10-11-9-5-3-2-4-6-9/h2-6H,1H3/p+1. The first kappa shape index (κ1) is 8.28. The van der Waals surface area contributed by atoms with E-state index in [0.29, 0.717) is 0 Å². The lowest BCUT2D eigenvalue weighted by Gasteiger charge is -1.77. The lowest BCUT2D eigenvalue weighted by atomic mass is 10.3. The van der Waals surface area contributed by atoms with E-state index < -0.39 is 0 Å². The van der Waals surface area contributed by atoms with E-state index in [2.05, 4.69) is 15.8 Å². The topological polar surface area (TPSA) is 46.7 Å². The smallest absolute Gasteiger partial charge is 0.393 e. The van der Waals surface area contributed by atoms with Crippen molar-refractivity contribution in [3.8, 4) is 0 Å². The Bertz CT molecular complexity index is 340. The van der Waals surface area contributed by atoms with Gasteiger partial charge in [-0.3, -0.25) is 0 Å². The van der Waals surface area contributed by atoms with Crippen LogP contribution < -0.4 is 0 Å². The molecule has 1 rings (SSSR count). The first-order valence-corrected chi connectivity index (χ1v) is 3.53. The highest BCUT2D eigenvalue weighted by Gasteiger charge is 1.89. The van der Waals surface area contributed by atoms with Gasteiger partial charge in [-0.05, 0) is 12.1 Å². The number of hydrogen-bond donors (Lipinski definition) is 1. The quantitative estimate of drug-likeness (QED) is 0.291. The molecule has 0 saturated carbocycles. The number of hydrogen-bond acceptors (Lipinski definition) is 2. The van der Waals surface area contributed by atoms with Gasteiger partial charge in [0.2, 0.25) is 5.76 Å². The van der Waals surface area contributed by atoms with Crippen molar-refractivity contribution in [2.45, 2.75) is 6.92 Å². The van der Waals surface area contributed by atoms with Crippen molar-refractivity contribution in [3.05, 3.63) is 36.1 Å². The molecule has 60 valence electrons. The summed E-state index contributed by atoms with van der Waals surface area (Å²) >= 11 is 0. The van der Waals surface area contributed by atoms with E-state index in [4.69, 9.17) is 5.11 Å². The average Bonchev–Trinajstić information content (AvgIpc) is 2.05. The Morgan fingerprint density at radius 1 is 1.42 bits per heavy atom. The molecule has 1 aromatic carbocycles. The lowest BCUT2D eigenvalue weighted by Crippen LogP contribution is -1.70. The number of benzene rings is 1. The molecule has 0 atom stereocenters. The van der Waals surface area contributed by atoms with Crippen LogP contribution in [0.1, 0.15) is 6.92 Å². The molecule has 0 radical (unpaired) electrons. The number of aliphatic hydroxyl groups excluding tert-OH is 1. The summed E-state index contributed by atoms with van der Waals surface area (Å²) in [4.78, 5) is 3.53. The van der Waals surface area contributed by atoms with E-state index in [1.807, 2.05) is 30.3 Å². The lowest BCUT2D eigenvalue weighted by molar-refractivity contribution is -0.0674. The van der Waals surface area contributed by atoms with Crippen LogP contribution in [0.3, 0.4) is 0 Å². The summed E-state index contributed by atoms with van der Waals surface area (Å²) < 4.78 is 0. The molecule has 0 aliphatic heterocycles. The second-order valence-electron chi connectivity index (χ2n) is 2.23. The van der Waals surface area contributed by atoms with E-state index in [-0.39, 0.29) is 5.76 Å². The van der Waals surface area contributed by atoms with Gasteiger partial charge in [0.1, 0.15) is 15.6 Å². The van der Waals surface area contributed by atoms with Crippen LogP contribution in [0, 0.1) is 0 Å². The molecule has 0 aliphatic carbocycles. The first-order valence-electron chi connectivity index (χ1n) is 3.53. The molecular formula is C9H9N2O+. The fourth-order valence-electron chi connectivity index (χ4n) is 0.650. The number of aliphatic hydroxyl groups is 1. The third-order valence-corrected chi connectivity index (χ3v) is 1.13. The molecule has 3 nitrogen and oxygen atoms in total. The fraction of sp³-hybridized carbons (Fsp3) is 0.111. The number of rotatable bonds is 1. The van der Waals surface area contributed by atoms with Gasteiger partial charge in [-0.15, -0.1) is 0 Å². The summed E-state index contributed by atoms with van der Waals surface area (Å²) in [5.41, 5.74) is 0.742. The second-order valence-corrected chi connectivity index (χ2v) is 2.23. The molecular weight excluding hydrogens is 152 g/mol. The van der Waals surface area contributed by atoms with Gasteiger partial charge in [0.05, 0.1) is 0 Å². The van der Waals surface area contributed by atoms with Crippen molar-refractivity contribution in [2.75, 3.05) is 0 Å². The molecule has 0 heterocycles. The molecule has 0 fully saturated rings. The minimum Gasteiger partial charge on any atom is -0.499 e. The number of nitrogens with zero attached hydrogens (tertiary/aromatic N) is 2. The summed E-state index contributed by atoms with van der Waals surface area (Å²) in [5.74, 6) is 2.35. The normalized spacial score (nSPS) is 8.08. The highest BCUT2D eigenvalue weighted by Crippen LogP contribution is 2.06. The predicted molar refractivity (Wildman–Crippen MR) is 45.6 cm³/mol. The van der Waals surface area contributed by atoms with Crippen LogP contribution in [0.25, 0.3) is 0 Å². The molecule has 1 N–H and O–H groups in total. The first-order chi connectivity index (χ1) is 5.79. The maximum Gasteiger partial charge on any atom is 0.393 e. The summed E-state index contributed by atoms with van der Waals surface area (Å²) in [7, 11) is 0. The Morgan fingerprint density at radius 3 is 2.67 bits per heavy atom. The van der Waals surface area contributed by atoms with Gasteiger partial charge in [0, 0.05) is 6.92 Å². The van der Waals surface area contributed by atoms with E-state index in [0.717, 1.165) is 5.69 Å². The zero-order chi connectivity index (χ0) is 8.81. The fourth-order valence-corrected chi connectivity index (χ4v) is 0.650. The summed E-state index contributed by atoms with van der Waals surface area (Å²) in [6.45, 7) is 1.49. The SMILES string of the molecule is CC(O)=C=[N+]=Nc1ccccc1. The highest BCUT2D eigenvalue weighted by molar-refractivity contribution is 5.47. The highest BCUT2D eigenvalue weighted by atomic mass is 16.3. The monoisotopic (exact) mass is 161 g/mol. The van der Waals surface area contributed by atoms with Crippen LogP contribution >= 0.6 is 0 Å². The van der Waals surface area contributed by atoms with Crippen LogP contribution in [-0.4, -0.2) is 15.8 Å². The Kier molecular flexibility index (Phi) is 2.86. The van der Waals surface area contributed by atoms with Gasteiger partial charge in [-0.2, -0.15) is 0 Å².